The summed E-state index contributed by atoms with van der Waals surface area (Å²) in [4.78, 5) is 9.96. The van der Waals surface area contributed by atoms with Crippen molar-refractivity contribution in [3.05, 3.63) is 35.0 Å². The first-order valence-corrected chi connectivity index (χ1v) is 9.74. The Morgan fingerprint density at radius 1 is 1.25 bits per heavy atom. The van der Waals surface area contributed by atoms with Crippen molar-refractivity contribution in [2.45, 2.75) is 36.1 Å². The van der Waals surface area contributed by atoms with E-state index in [4.69, 9.17) is 11.6 Å². The quantitative estimate of drug-likeness (QED) is 0.873. The predicted octanol–water partition coefficient (Wildman–Crippen LogP) is 2.79. The van der Waals surface area contributed by atoms with Crippen LogP contribution in [-0.2, 0) is 17.2 Å². The van der Waals surface area contributed by atoms with E-state index < -0.39 is 10.8 Å². The molecule has 0 spiro atoms. The van der Waals surface area contributed by atoms with Crippen LogP contribution in [0.15, 0.2) is 29.2 Å². The average Bonchev–Trinajstić information content (AvgIpc) is 2.93. The lowest BCUT2D eigenvalue weighted by atomic mass is 9.77. The van der Waals surface area contributed by atoms with Gasteiger partial charge in [-0.25, -0.2) is 9.97 Å². The number of aliphatic hydroxyl groups excluding tert-OH is 1. The fourth-order valence-corrected chi connectivity index (χ4v) is 4.62. The number of fused-ring (bicyclic) bond motifs is 1. The lowest BCUT2D eigenvalue weighted by molar-refractivity contribution is 0.143. The molecular formula is C17H18ClN3O2S. The zero-order chi connectivity index (χ0) is 16.7. The molecule has 0 radical (unpaired) electrons. The van der Waals surface area contributed by atoms with E-state index in [1.807, 2.05) is 12.1 Å². The maximum Gasteiger partial charge on any atom is 0.161 e. The molecule has 7 heteroatoms. The van der Waals surface area contributed by atoms with Crippen molar-refractivity contribution >= 4 is 28.2 Å². The van der Waals surface area contributed by atoms with Crippen molar-refractivity contribution in [2.24, 2.45) is 0 Å². The zero-order valence-corrected chi connectivity index (χ0v) is 14.7. The summed E-state index contributed by atoms with van der Waals surface area (Å²) in [5.41, 5.74) is 1.37. The number of benzene rings is 1. The zero-order valence-electron chi connectivity index (χ0n) is 13.1. The van der Waals surface area contributed by atoms with Gasteiger partial charge in [-0.2, -0.15) is 0 Å². The predicted molar refractivity (Wildman–Crippen MR) is 94.7 cm³/mol. The number of aliphatic hydroxyl groups is 1. The van der Waals surface area contributed by atoms with Gasteiger partial charge < -0.3 is 10.4 Å². The van der Waals surface area contributed by atoms with E-state index in [0.29, 0.717) is 33.7 Å². The molecule has 1 unspecified atom stereocenters. The first-order chi connectivity index (χ1) is 11.6. The van der Waals surface area contributed by atoms with Crippen LogP contribution < -0.4 is 5.32 Å². The molecule has 1 aromatic carbocycles. The van der Waals surface area contributed by atoms with Crippen LogP contribution in [0.25, 0.3) is 11.4 Å². The highest BCUT2D eigenvalue weighted by molar-refractivity contribution is 7.85. The van der Waals surface area contributed by atoms with E-state index >= 15 is 0 Å². The number of hydrogen-bond donors (Lipinski definition) is 2. The molecule has 24 heavy (non-hydrogen) atoms. The molecule has 0 amide bonds. The van der Waals surface area contributed by atoms with E-state index in [9.17, 15) is 9.32 Å². The number of aryl methyl sites for hydroxylation is 1. The third kappa shape index (κ3) is 2.72. The second-order valence-corrected chi connectivity index (χ2v) is 8.34. The Hall–Kier alpha value is -1.50. The molecule has 2 aromatic rings. The standard InChI is InChI=1S/C17H18ClN3O2S/c18-12-4-2-11(3-5-12)15-19-13-6-9-24(23)14(13)16(20-15)21-17(10-22)7-1-8-17/h2-5,22H,1,6-10H2,(H,19,20,21). The summed E-state index contributed by atoms with van der Waals surface area (Å²) in [6, 6.07) is 7.37. The highest BCUT2D eigenvalue weighted by Crippen LogP contribution is 2.38. The van der Waals surface area contributed by atoms with Gasteiger partial charge in [0.05, 0.1) is 28.6 Å². The third-order valence-corrected chi connectivity index (χ3v) is 6.50. The highest BCUT2D eigenvalue weighted by atomic mass is 35.5. The van der Waals surface area contributed by atoms with Crippen LogP contribution in [-0.4, -0.2) is 37.2 Å². The summed E-state index contributed by atoms with van der Waals surface area (Å²) >= 11 is 5.95. The Kier molecular flexibility index (Phi) is 4.06. The second-order valence-electron chi connectivity index (χ2n) is 6.40. The first kappa shape index (κ1) is 16.0. The van der Waals surface area contributed by atoms with Gasteiger partial charge in [0.15, 0.2) is 5.82 Å². The SMILES string of the molecule is O=S1CCc2nc(-c3ccc(Cl)cc3)nc(NC3(CO)CCC3)c21. The molecule has 0 bridgehead atoms. The van der Waals surface area contributed by atoms with Gasteiger partial charge in [-0.15, -0.1) is 0 Å². The van der Waals surface area contributed by atoms with Gasteiger partial charge in [-0.05, 0) is 43.5 Å². The summed E-state index contributed by atoms with van der Waals surface area (Å²) in [7, 11) is -1.08. The molecule has 1 atom stereocenters. The molecule has 1 aliphatic carbocycles. The second kappa shape index (κ2) is 6.10. The van der Waals surface area contributed by atoms with Gasteiger partial charge in [0.25, 0.3) is 0 Å². The monoisotopic (exact) mass is 363 g/mol. The number of nitrogens with one attached hydrogen (secondary N) is 1. The minimum Gasteiger partial charge on any atom is -0.394 e. The molecule has 1 aliphatic heterocycles. The Bertz CT molecular complexity index is 801. The largest absolute Gasteiger partial charge is 0.394 e. The molecule has 1 saturated carbocycles. The summed E-state index contributed by atoms with van der Waals surface area (Å²) in [6.07, 6.45) is 3.55. The molecule has 2 N–H and O–H groups in total. The maximum atomic E-state index is 12.4. The number of hydrogen-bond acceptors (Lipinski definition) is 5. The lowest BCUT2D eigenvalue weighted by Gasteiger charge is -2.41. The Morgan fingerprint density at radius 3 is 2.62 bits per heavy atom. The van der Waals surface area contributed by atoms with E-state index in [0.717, 1.165) is 30.5 Å². The normalized spacial score (nSPS) is 21.2. The highest BCUT2D eigenvalue weighted by Gasteiger charge is 2.38. The van der Waals surface area contributed by atoms with Crippen LogP contribution in [0.3, 0.4) is 0 Å². The van der Waals surface area contributed by atoms with Gasteiger partial charge >= 0.3 is 0 Å². The smallest absolute Gasteiger partial charge is 0.161 e. The van der Waals surface area contributed by atoms with Crippen molar-refractivity contribution in [2.75, 3.05) is 17.7 Å². The van der Waals surface area contributed by atoms with Crippen LogP contribution in [0.4, 0.5) is 5.82 Å². The van der Waals surface area contributed by atoms with Gasteiger partial charge in [0.2, 0.25) is 0 Å². The lowest BCUT2D eigenvalue weighted by Crippen LogP contribution is -2.48. The number of halogens is 1. The van der Waals surface area contributed by atoms with E-state index in [-0.39, 0.29) is 12.1 Å². The molecule has 4 rings (SSSR count). The van der Waals surface area contributed by atoms with Gasteiger partial charge in [-0.3, -0.25) is 4.21 Å². The maximum absolute atomic E-state index is 12.4. The molecule has 1 fully saturated rings. The van der Waals surface area contributed by atoms with Gasteiger partial charge in [0, 0.05) is 22.8 Å². The van der Waals surface area contributed by atoms with E-state index in [2.05, 4.69) is 15.3 Å². The van der Waals surface area contributed by atoms with Crippen molar-refractivity contribution in [3.63, 3.8) is 0 Å². The van der Waals surface area contributed by atoms with E-state index in [1.54, 1.807) is 12.1 Å². The number of rotatable bonds is 4. The van der Waals surface area contributed by atoms with Gasteiger partial charge in [0.1, 0.15) is 10.7 Å². The summed E-state index contributed by atoms with van der Waals surface area (Å²) in [5.74, 6) is 1.78. The number of anilines is 1. The van der Waals surface area contributed by atoms with Crippen molar-refractivity contribution in [1.82, 2.24) is 9.97 Å². The van der Waals surface area contributed by atoms with Crippen LogP contribution in [0.2, 0.25) is 5.02 Å². The molecule has 126 valence electrons. The summed E-state index contributed by atoms with van der Waals surface area (Å²) in [6.45, 7) is 0.0503. The van der Waals surface area contributed by atoms with Crippen molar-refractivity contribution in [3.8, 4) is 11.4 Å². The molecule has 5 nitrogen and oxygen atoms in total. The summed E-state index contributed by atoms with van der Waals surface area (Å²) in [5, 5.41) is 13.8. The fourth-order valence-electron chi connectivity index (χ4n) is 3.19. The topological polar surface area (TPSA) is 75.1 Å². The first-order valence-electron chi connectivity index (χ1n) is 8.04. The molecule has 2 aliphatic rings. The van der Waals surface area contributed by atoms with Crippen molar-refractivity contribution in [1.29, 1.82) is 0 Å². The minimum absolute atomic E-state index is 0.0503. The molecular weight excluding hydrogens is 346 g/mol. The Balaban J connectivity index is 1.79. The fraction of sp³-hybridized carbons (Fsp3) is 0.412. The Morgan fingerprint density at radius 2 is 2.00 bits per heavy atom. The average molecular weight is 364 g/mol. The van der Waals surface area contributed by atoms with Gasteiger partial charge in [-0.1, -0.05) is 11.6 Å². The number of aromatic nitrogens is 2. The van der Waals surface area contributed by atoms with E-state index in [1.165, 1.54) is 0 Å². The third-order valence-electron chi connectivity index (χ3n) is 4.79. The minimum atomic E-state index is -1.08. The van der Waals surface area contributed by atoms with Crippen LogP contribution in [0, 0.1) is 0 Å². The van der Waals surface area contributed by atoms with Crippen molar-refractivity contribution < 1.29 is 9.32 Å². The van der Waals surface area contributed by atoms with Crippen LogP contribution in [0.5, 0.6) is 0 Å². The summed E-state index contributed by atoms with van der Waals surface area (Å²) < 4.78 is 12.4. The molecule has 0 saturated heterocycles. The molecule has 2 heterocycles. The van der Waals surface area contributed by atoms with Crippen LogP contribution >= 0.6 is 11.6 Å². The Labute approximate surface area is 147 Å². The number of nitrogens with zero attached hydrogens (tertiary/aromatic N) is 2. The van der Waals surface area contributed by atoms with Crippen LogP contribution in [0.1, 0.15) is 25.0 Å². The molecule has 1 aromatic heterocycles.